The number of ether oxygens (including phenoxy) is 1. The molecule has 5 nitrogen and oxygen atoms in total. The van der Waals surface area contributed by atoms with Crippen LogP contribution in [0, 0.1) is 0 Å². The van der Waals surface area contributed by atoms with Crippen LogP contribution < -0.4 is 15.0 Å². The molecule has 0 radical (unpaired) electrons. The molecule has 0 saturated heterocycles. The van der Waals surface area contributed by atoms with Gasteiger partial charge in [0.2, 0.25) is 0 Å². The Hall–Kier alpha value is -2.99. The summed E-state index contributed by atoms with van der Waals surface area (Å²) in [6, 6.07) is 18.7. The van der Waals surface area contributed by atoms with Gasteiger partial charge in [0.1, 0.15) is 12.4 Å². The fraction of sp³-hybridized carbons (Fsp3) is 0.379. The maximum atomic E-state index is 12.9. The predicted molar refractivity (Wildman–Crippen MR) is 141 cm³/mol. The monoisotopic (exact) mass is 485 g/mol. The zero-order valence-electron chi connectivity index (χ0n) is 20.1. The maximum Gasteiger partial charge on any atom is 0.251 e. The first-order valence-corrected chi connectivity index (χ1v) is 13.7. The zero-order valence-corrected chi connectivity index (χ0v) is 20.9. The summed E-state index contributed by atoms with van der Waals surface area (Å²) in [6.45, 7) is 4.04. The summed E-state index contributed by atoms with van der Waals surface area (Å²) in [5, 5.41) is 3.05. The molecule has 6 heteroatoms. The summed E-state index contributed by atoms with van der Waals surface area (Å²) >= 11 is 1.82. The number of hydrogen-bond acceptors (Lipinski definition) is 5. The van der Waals surface area contributed by atoms with Crippen LogP contribution in [0.3, 0.4) is 0 Å². The van der Waals surface area contributed by atoms with Crippen LogP contribution in [-0.2, 0) is 6.54 Å². The van der Waals surface area contributed by atoms with Crippen molar-refractivity contribution in [2.24, 2.45) is 0 Å². The maximum absolute atomic E-state index is 12.9. The van der Waals surface area contributed by atoms with E-state index in [0.717, 1.165) is 29.3 Å². The van der Waals surface area contributed by atoms with Gasteiger partial charge in [-0.2, -0.15) is 0 Å². The number of hydrogen-bond donors (Lipinski definition) is 1. The summed E-state index contributed by atoms with van der Waals surface area (Å²) in [7, 11) is 0. The van der Waals surface area contributed by atoms with Crippen molar-refractivity contribution >= 4 is 29.0 Å². The Bertz CT molecular complexity index is 1200. The van der Waals surface area contributed by atoms with Gasteiger partial charge in [-0.15, -0.1) is 11.8 Å². The first kappa shape index (κ1) is 22.5. The van der Waals surface area contributed by atoms with Crippen LogP contribution in [-0.4, -0.2) is 29.8 Å². The Morgan fingerprint density at radius 2 is 1.74 bits per heavy atom. The van der Waals surface area contributed by atoms with E-state index in [0.29, 0.717) is 30.6 Å². The van der Waals surface area contributed by atoms with Crippen molar-refractivity contribution in [3.8, 4) is 5.75 Å². The van der Waals surface area contributed by atoms with Gasteiger partial charge in [0, 0.05) is 45.9 Å². The van der Waals surface area contributed by atoms with E-state index < -0.39 is 0 Å². The molecule has 2 aromatic carbocycles. The van der Waals surface area contributed by atoms with E-state index in [2.05, 4.69) is 53.5 Å². The first-order valence-electron chi connectivity index (χ1n) is 12.7. The van der Waals surface area contributed by atoms with Gasteiger partial charge in [-0.05, 0) is 79.5 Å². The van der Waals surface area contributed by atoms with E-state index >= 15 is 0 Å². The Morgan fingerprint density at radius 3 is 2.40 bits per heavy atom. The van der Waals surface area contributed by atoms with E-state index in [1.54, 1.807) is 0 Å². The second kappa shape index (κ2) is 9.57. The molecule has 0 unspecified atom stereocenters. The summed E-state index contributed by atoms with van der Waals surface area (Å²) < 4.78 is 6.01. The Kier molecular flexibility index (Phi) is 6.15. The highest BCUT2D eigenvalue weighted by Crippen LogP contribution is 2.46. The van der Waals surface area contributed by atoms with Crippen LogP contribution in [0.15, 0.2) is 59.5 Å². The number of benzene rings is 2. The number of amides is 1. The second-order valence-electron chi connectivity index (χ2n) is 9.67. The smallest absolute Gasteiger partial charge is 0.251 e. The number of carbonyl (C=O) groups is 1. The molecular formula is C29H31N3O2S. The lowest BCUT2D eigenvalue weighted by Crippen LogP contribution is -2.29. The Balaban J connectivity index is 1.19. The standard InChI is InChI=1S/C29H31N3O2S/c1-2-35-24-10-3-19(4-11-24)18-30-29(33)22-9-12-27-28(15-22)34-14-13-32(27)23-16-25(20-5-6-20)31-26(17-23)21-7-8-21/h3-4,9-12,15-17,20-21H,2,5-8,13-14,18H2,1H3,(H,30,33). The van der Waals surface area contributed by atoms with Crippen molar-refractivity contribution in [2.45, 2.75) is 55.9 Å². The lowest BCUT2D eigenvalue weighted by atomic mass is 10.1. The SMILES string of the molecule is CCSc1ccc(CNC(=O)c2ccc3c(c2)OCCN3c2cc(C3CC3)nc(C3CC3)c2)cc1. The number of thioether (sulfide) groups is 1. The average Bonchev–Trinajstić information content (AvgIpc) is 3.80. The Labute approximate surface area is 211 Å². The third-order valence-electron chi connectivity index (χ3n) is 6.93. The number of carbonyl (C=O) groups excluding carboxylic acids is 1. The quantitative estimate of drug-likeness (QED) is 0.374. The minimum Gasteiger partial charge on any atom is -0.490 e. The van der Waals surface area contributed by atoms with Gasteiger partial charge in [0.25, 0.3) is 5.91 Å². The van der Waals surface area contributed by atoms with Crippen LogP contribution in [0.5, 0.6) is 5.75 Å². The highest BCUT2D eigenvalue weighted by atomic mass is 32.2. The van der Waals surface area contributed by atoms with Crippen molar-refractivity contribution in [3.63, 3.8) is 0 Å². The molecule has 1 aliphatic heterocycles. The largest absolute Gasteiger partial charge is 0.490 e. The highest BCUT2D eigenvalue weighted by molar-refractivity contribution is 7.99. The minimum atomic E-state index is -0.0866. The lowest BCUT2D eigenvalue weighted by molar-refractivity contribution is 0.0950. The number of nitrogens with one attached hydrogen (secondary N) is 1. The second-order valence-corrected chi connectivity index (χ2v) is 11.0. The van der Waals surface area contributed by atoms with Gasteiger partial charge in [-0.1, -0.05) is 19.1 Å². The molecule has 3 aliphatic rings. The molecule has 1 N–H and O–H groups in total. The molecule has 0 spiro atoms. The fourth-order valence-corrected chi connectivity index (χ4v) is 5.34. The van der Waals surface area contributed by atoms with E-state index in [4.69, 9.17) is 9.72 Å². The van der Waals surface area contributed by atoms with E-state index in [1.807, 2.05) is 30.0 Å². The molecule has 1 aromatic heterocycles. The summed E-state index contributed by atoms with van der Waals surface area (Å²) in [5.41, 5.74) is 6.43. The molecule has 2 heterocycles. The van der Waals surface area contributed by atoms with Gasteiger partial charge in [-0.25, -0.2) is 0 Å². The minimum absolute atomic E-state index is 0.0866. The van der Waals surface area contributed by atoms with Crippen LogP contribution in [0.2, 0.25) is 0 Å². The summed E-state index contributed by atoms with van der Waals surface area (Å²) in [6.07, 6.45) is 5.00. The van der Waals surface area contributed by atoms with Gasteiger partial charge in [0.05, 0.1) is 12.2 Å². The topological polar surface area (TPSA) is 54.5 Å². The molecule has 3 aromatic rings. The molecule has 0 atom stereocenters. The molecule has 180 valence electrons. The Morgan fingerprint density at radius 1 is 1.03 bits per heavy atom. The number of aromatic nitrogens is 1. The zero-order chi connectivity index (χ0) is 23.8. The van der Waals surface area contributed by atoms with Crippen molar-refractivity contribution in [1.29, 1.82) is 0 Å². The van der Waals surface area contributed by atoms with Crippen LogP contribution >= 0.6 is 11.8 Å². The van der Waals surface area contributed by atoms with E-state index in [1.165, 1.54) is 47.7 Å². The molecule has 2 aliphatic carbocycles. The lowest BCUT2D eigenvalue weighted by Gasteiger charge is -2.32. The van der Waals surface area contributed by atoms with Gasteiger partial charge in [0.15, 0.2) is 0 Å². The third kappa shape index (κ3) is 5.03. The number of nitrogens with zero attached hydrogens (tertiary/aromatic N) is 2. The normalized spacial score (nSPS) is 17.0. The van der Waals surface area contributed by atoms with Crippen molar-refractivity contribution in [3.05, 3.63) is 77.1 Å². The fourth-order valence-electron chi connectivity index (χ4n) is 4.67. The summed E-state index contributed by atoms with van der Waals surface area (Å²) in [4.78, 5) is 21.5. The molecule has 6 rings (SSSR count). The number of rotatable bonds is 8. The number of fused-ring (bicyclic) bond motifs is 1. The molecule has 1 amide bonds. The molecule has 2 saturated carbocycles. The van der Waals surface area contributed by atoms with E-state index in [-0.39, 0.29) is 5.91 Å². The average molecular weight is 486 g/mol. The van der Waals surface area contributed by atoms with Crippen molar-refractivity contribution in [2.75, 3.05) is 23.8 Å². The van der Waals surface area contributed by atoms with Crippen LogP contribution in [0.1, 0.15) is 71.8 Å². The van der Waals surface area contributed by atoms with E-state index in [9.17, 15) is 4.79 Å². The molecule has 0 bridgehead atoms. The van der Waals surface area contributed by atoms with Crippen LogP contribution in [0.25, 0.3) is 0 Å². The molecule has 35 heavy (non-hydrogen) atoms. The van der Waals surface area contributed by atoms with Gasteiger partial charge in [-0.3, -0.25) is 9.78 Å². The van der Waals surface area contributed by atoms with Crippen molar-refractivity contribution in [1.82, 2.24) is 10.3 Å². The molecule has 2 fully saturated rings. The third-order valence-corrected chi connectivity index (χ3v) is 7.82. The van der Waals surface area contributed by atoms with Crippen molar-refractivity contribution < 1.29 is 9.53 Å². The number of pyridine rings is 1. The highest BCUT2D eigenvalue weighted by Gasteiger charge is 2.31. The number of anilines is 2. The van der Waals surface area contributed by atoms with Crippen LogP contribution in [0.4, 0.5) is 11.4 Å². The predicted octanol–water partition coefficient (Wildman–Crippen LogP) is 6.41. The molecular weight excluding hydrogens is 454 g/mol. The van der Waals surface area contributed by atoms with Gasteiger partial charge < -0.3 is 15.0 Å². The first-order chi connectivity index (χ1) is 17.2. The summed E-state index contributed by atoms with van der Waals surface area (Å²) in [5.74, 6) is 2.98. The van der Waals surface area contributed by atoms with Gasteiger partial charge >= 0.3 is 0 Å².